The van der Waals surface area contributed by atoms with Gasteiger partial charge in [0.1, 0.15) is 84.1 Å². The third-order valence-electron chi connectivity index (χ3n) is 18.7. The van der Waals surface area contributed by atoms with Gasteiger partial charge in [-0.3, -0.25) is 81.5 Å². The van der Waals surface area contributed by atoms with Crippen LogP contribution in [0.25, 0.3) is 21.7 Å². The van der Waals surface area contributed by atoms with Gasteiger partial charge in [0.15, 0.2) is 0 Å². The second-order valence-electron chi connectivity index (χ2n) is 28.3. The minimum Gasteiger partial charge on any atom is -0.508 e. The number of aliphatic hydroxyl groups excluding tert-OH is 1. The number of carboxylic acid groups (broad SMARTS) is 1. The third-order valence-corrected chi connectivity index (χ3v) is 19.8. The van der Waals surface area contributed by atoms with Crippen LogP contribution in [0, 0.1) is 0 Å². The molecule has 0 radical (unpaired) electrons. The van der Waals surface area contributed by atoms with E-state index in [1.165, 1.54) is 43.5 Å². The number of aliphatic hydroxyl groups is 1. The molecule has 6 rings (SSSR count). The van der Waals surface area contributed by atoms with Gasteiger partial charge >= 0.3 is 5.97 Å². The van der Waals surface area contributed by atoms with E-state index in [1.807, 2.05) is 6.07 Å². The van der Waals surface area contributed by atoms with Crippen LogP contribution in [0.3, 0.4) is 0 Å². The third kappa shape index (κ3) is 30.3. The first-order valence-electron chi connectivity index (χ1n) is 37.6. The lowest BCUT2D eigenvalue weighted by Crippen LogP contribution is -2.64. The quantitative estimate of drug-likeness (QED) is 0.0163. The lowest BCUT2D eigenvalue weighted by atomic mass is 9.91. The number of phenolic OH excluding ortho intramolecular Hbond substituents is 1. The van der Waals surface area contributed by atoms with Crippen LogP contribution in [-0.4, -0.2) is 231 Å². The van der Waals surface area contributed by atoms with Crippen LogP contribution >= 0.6 is 11.8 Å². The largest absolute Gasteiger partial charge is 0.508 e. The molecule has 1 aromatic heterocycles. The van der Waals surface area contributed by atoms with E-state index < -0.39 is 243 Å². The van der Waals surface area contributed by atoms with Crippen LogP contribution in [0.4, 0.5) is 0 Å². The van der Waals surface area contributed by atoms with Crippen LogP contribution in [-0.2, 0) is 101 Å². The van der Waals surface area contributed by atoms with E-state index in [9.17, 15) is 68.1 Å². The fourth-order valence-corrected chi connectivity index (χ4v) is 13.5. The van der Waals surface area contributed by atoms with Gasteiger partial charge in [-0.1, -0.05) is 54.6 Å². The number of aromatic hydroxyl groups is 1. The van der Waals surface area contributed by atoms with Crippen LogP contribution in [0.5, 0.6) is 11.5 Å². The molecule has 2 heterocycles. The van der Waals surface area contributed by atoms with Gasteiger partial charge in [-0.25, -0.2) is 0 Å². The molecule has 41 heteroatoms. The molecule has 0 saturated carbocycles. The SMILES string of the molecule is CC(=O)N[C@H]1CCSC[C@@H](C(=O)N[C@@H](Cc2ccc(OCCN)cc2)C(=O)N[C@@H](Cc2ccc3ccccc3c2)C(=O)N[C@@](C)(CCCCN)C(=O)N[C@@H](CCC(=O)O)C(=O)N[C@@H](CC(N)=O)C(=O)NCC(N)=O)NC(=O)[C@H](CCC(N)=O)NC(=O)[C@H](Cc2c[nH]c3ccc(O)cc23)NC(=O)[C@H]([C@@H](C)O)NC(=O)[C@H](CCC(N)=O)NC1=O. The Morgan fingerprint density at radius 3 is 1.85 bits per heavy atom. The molecule has 28 N–H and O–H groups in total. The van der Waals surface area contributed by atoms with E-state index in [1.54, 1.807) is 48.5 Å². The Balaban J connectivity index is 1.47. The summed E-state index contributed by atoms with van der Waals surface area (Å²) in [5.74, 6) is -19.0. The van der Waals surface area contributed by atoms with Crippen molar-refractivity contribution >= 4 is 134 Å². The standard InChI is InChI=1S/C76H103N19O21S/c1-39(96)64-74(114)91-56(33-45-36-83-49-17-14-46(98)34-48(45)49)71(111)87-50(18-21-59(79)99)66(106)92-58(38-117-29-24-53(85-40(2)97)68(108)86-51(69(109)94-64)19-22-60(80)100)72(112)88-54(31-41-11-15-47(16-12-41)116-28-27-78)70(110)89-55(32-42-10-13-43-8-4-5-9-44(43)30-42)73(113)95-76(3,25-6-7-26-77)75(115)93-52(20-23-63(103)104)67(107)90-57(35-61(81)101)65(105)84-37-62(82)102/h4-5,8-17,30,34,36,39,50-58,64,83,96,98H,6-7,18-29,31-33,35,37-38,77-78H2,1-3H3,(H2,79,99)(H2,80,100)(H2,81,101)(H2,82,102)(H,84,105)(H,85,97)(H,86,108)(H,87,111)(H,88,112)(H,89,110)(H,90,107)(H,91,114)(H,92,106)(H,93,115)(H,94,109)(H,95,113)(H,103,104)/t39-,50+,51+,52+,53+,54+,55+,56+,57+,58+,64+,76+/m1/s1. The van der Waals surface area contributed by atoms with Gasteiger partial charge in [0.25, 0.3) is 0 Å². The molecular formula is C76H103N19O21S. The number of hydrogen-bond donors (Lipinski definition) is 22. The molecule has 634 valence electrons. The molecule has 1 fully saturated rings. The van der Waals surface area contributed by atoms with Gasteiger partial charge < -0.3 is 123 Å². The molecule has 1 aliphatic rings. The van der Waals surface area contributed by atoms with Gasteiger partial charge in [0.2, 0.25) is 94.5 Å². The number of fused-ring (bicyclic) bond motifs is 2. The smallest absolute Gasteiger partial charge is 0.303 e. The number of nitrogens with two attached hydrogens (primary N) is 6. The van der Waals surface area contributed by atoms with E-state index in [-0.39, 0.29) is 68.9 Å². The Labute approximate surface area is 675 Å². The lowest BCUT2D eigenvalue weighted by molar-refractivity contribution is -0.140. The zero-order chi connectivity index (χ0) is 86.2. The number of ether oxygens (including phenoxy) is 1. The molecule has 1 saturated heterocycles. The van der Waals surface area contributed by atoms with Crippen molar-refractivity contribution in [3.05, 3.63) is 108 Å². The summed E-state index contributed by atoms with van der Waals surface area (Å²) in [5, 5.41) is 63.2. The number of benzene rings is 4. The maximum atomic E-state index is 15.7. The van der Waals surface area contributed by atoms with Crippen LogP contribution < -0.4 is 103 Å². The van der Waals surface area contributed by atoms with Gasteiger partial charge in [-0.05, 0) is 129 Å². The highest BCUT2D eigenvalue weighted by molar-refractivity contribution is 7.99. The molecule has 0 unspecified atom stereocenters. The number of H-pyrrole nitrogens is 1. The number of primary amides is 4. The molecule has 12 atom stereocenters. The van der Waals surface area contributed by atoms with Crippen molar-refractivity contribution in [3.8, 4) is 11.5 Å². The molecule has 4 aromatic carbocycles. The molecule has 0 bridgehead atoms. The van der Waals surface area contributed by atoms with Crippen molar-refractivity contribution in [3.63, 3.8) is 0 Å². The van der Waals surface area contributed by atoms with Crippen LogP contribution in [0.1, 0.15) is 108 Å². The molecule has 5 aromatic rings. The number of hydrogen-bond acceptors (Lipinski definition) is 23. The molecule has 0 aliphatic carbocycles. The highest BCUT2D eigenvalue weighted by Gasteiger charge is 2.42. The van der Waals surface area contributed by atoms with E-state index in [2.05, 4.69) is 68.8 Å². The van der Waals surface area contributed by atoms with Crippen LogP contribution in [0.2, 0.25) is 0 Å². The number of phenols is 1. The number of carbonyl (C=O) groups excluding carboxylic acids is 16. The van der Waals surface area contributed by atoms with Gasteiger partial charge in [0.05, 0.1) is 19.1 Å². The predicted molar refractivity (Wildman–Crippen MR) is 424 cm³/mol. The Bertz CT molecular complexity index is 4430. The average molecular weight is 1650 g/mol. The summed E-state index contributed by atoms with van der Waals surface area (Å²) >= 11 is 0.897. The number of aliphatic carboxylic acids is 1. The summed E-state index contributed by atoms with van der Waals surface area (Å²) < 4.78 is 5.70. The summed E-state index contributed by atoms with van der Waals surface area (Å²) in [4.78, 5) is 239. The van der Waals surface area contributed by atoms with Crippen molar-refractivity contribution in [2.75, 3.05) is 37.7 Å². The van der Waals surface area contributed by atoms with Crippen molar-refractivity contribution in [1.29, 1.82) is 0 Å². The summed E-state index contributed by atoms with van der Waals surface area (Å²) in [5.41, 5.74) is 32.7. The first-order valence-corrected chi connectivity index (χ1v) is 38.7. The number of aromatic amines is 1. The predicted octanol–water partition coefficient (Wildman–Crippen LogP) is -5.35. The fourth-order valence-electron chi connectivity index (χ4n) is 12.5. The lowest BCUT2D eigenvalue weighted by Gasteiger charge is -2.34. The van der Waals surface area contributed by atoms with Gasteiger partial charge in [0, 0.05) is 74.8 Å². The second kappa shape index (κ2) is 45.6. The monoisotopic (exact) mass is 1650 g/mol. The fraction of sp³-hybridized carbons (Fsp3) is 0.461. The summed E-state index contributed by atoms with van der Waals surface area (Å²) in [6.45, 7) is 3.05. The number of rotatable bonds is 39. The maximum absolute atomic E-state index is 15.7. The van der Waals surface area contributed by atoms with E-state index in [4.69, 9.17) is 39.1 Å². The van der Waals surface area contributed by atoms with E-state index in [0.29, 0.717) is 33.2 Å². The molecule has 16 amide bonds. The molecule has 117 heavy (non-hydrogen) atoms. The highest BCUT2D eigenvalue weighted by Crippen LogP contribution is 2.26. The highest BCUT2D eigenvalue weighted by atomic mass is 32.2. The van der Waals surface area contributed by atoms with E-state index >= 15 is 28.8 Å². The average Bonchev–Trinajstić information content (AvgIpc) is 1.79. The minimum atomic E-state index is -2.10. The minimum absolute atomic E-state index is 0.0816. The van der Waals surface area contributed by atoms with Crippen molar-refractivity contribution in [2.45, 2.75) is 183 Å². The van der Waals surface area contributed by atoms with Gasteiger partial charge in [-0.15, -0.1) is 0 Å². The first-order chi connectivity index (χ1) is 55.4. The number of nitrogens with one attached hydrogen (secondary N) is 13. The number of unbranched alkanes of at least 4 members (excludes halogenated alkanes) is 1. The normalized spacial score (nSPS) is 18.9. The Kier molecular flexibility index (Phi) is 36.4. The zero-order valence-corrected chi connectivity index (χ0v) is 65.5. The maximum Gasteiger partial charge on any atom is 0.303 e. The number of aromatic nitrogens is 1. The van der Waals surface area contributed by atoms with Crippen molar-refractivity contribution < 1.29 is 102 Å². The molecule has 0 spiro atoms. The number of carbonyl (C=O) groups is 17. The Hall–Kier alpha value is -12.5. The first kappa shape index (κ1) is 93.4. The zero-order valence-electron chi connectivity index (χ0n) is 64.7. The molecule has 1 aliphatic heterocycles. The number of carboxylic acids is 1. The molecule has 40 nitrogen and oxygen atoms in total. The van der Waals surface area contributed by atoms with Crippen molar-refractivity contribution in [1.82, 2.24) is 68.8 Å². The Morgan fingerprint density at radius 2 is 1.23 bits per heavy atom. The van der Waals surface area contributed by atoms with E-state index in [0.717, 1.165) is 31.0 Å². The number of thioether (sulfide) groups is 1. The molecular weight excluding hydrogens is 1550 g/mol. The summed E-state index contributed by atoms with van der Waals surface area (Å²) in [7, 11) is 0. The summed E-state index contributed by atoms with van der Waals surface area (Å²) in [6.07, 6.45) is -6.13. The number of amides is 16. The topological polar surface area (TPSA) is 676 Å². The van der Waals surface area contributed by atoms with Crippen LogP contribution in [0.15, 0.2) is 91.1 Å². The van der Waals surface area contributed by atoms with Crippen molar-refractivity contribution in [2.24, 2.45) is 34.4 Å². The Morgan fingerprint density at radius 1 is 0.624 bits per heavy atom. The van der Waals surface area contributed by atoms with Gasteiger partial charge in [-0.2, -0.15) is 11.8 Å². The summed E-state index contributed by atoms with van der Waals surface area (Å²) in [6, 6.07) is 5.05. The second-order valence-corrected chi connectivity index (χ2v) is 29.4.